The van der Waals surface area contributed by atoms with E-state index in [0.717, 1.165) is 18.5 Å². The summed E-state index contributed by atoms with van der Waals surface area (Å²) in [5.74, 6) is 0. The summed E-state index contributed by atoms with van der Waals surface area (Å²) in [6.45, 7) is 4.26. The monoisotopic (exact) mass is 224 g/mol. The molecule has 76 valence electrons. The Morgan fingerprint density at radius 1 is 1.29 bits per heavy atom. The van der Waals surface area contributed by atoms with Gasteiger partial charge in [0.2, 0.25) is 0 Å². The van der Waals surface area contributed by atoms with Gasteiger partial charge in [-0.05, 0) is 24.0 Å². The highest BCUT2D eigenvalue weighted by Crippen LogP contribution is 2.22. The van der Waals surface area contributed by atoms with E-state index >= 15 is 0 Å². The van der Waals surface area contributed by atoms with Crippen molar-refractivity contribution in [2.45, 2.75) is 26.7 Å². The first-order valence-corrected chi connectivity index (χ1v) is 5.59. The molecule has 1 rings (SSSR count). The minimum Gasteiger partial charge on any atom is -0.411 e. The normalized spacial score (nSPS) is 9.86. The third-order valence-electron chi connectivity index (χ3n) is 2.23. The molecule has 0 saturated carbocycles. The number of para-hydroxylation sites is 1. The number of rotatable bonds is 3. The number of hydrogen-bond donors (Lipinski definition) is 1. The molecule has 0 heterocycles. The highest BCUT2D eigenvalue weighted by molar-refractivity contribution is 8.00. The van der Waals surface area contributed by atoms with Crippen molar-refractivity contribution < 1.29 is 0 Å². The summed E-state index contributed by atoms with van der Waals surface area (Å²) in [6, 6.07) is 6.29. The van der Waals surface area contributed by atoms with E-state index in [9.17, 15) is 0 Å². The SMILES string of the molecule is CCc1cccc(CC)c1NC(=S)[S-]. The fourth-order valence-corrected chi connectivity index (χ4v) is 1.71. The van der Waals surface area contributed by atoms with E-state index in [1.54, 1.807) is 0 Å². The van der Waals surface area contributed by atoms with Crippen LogP contribution in [0.1, 0.15) is 25.0 Å². The molecule has 14 heavy (non-hydrogen) atoms. The minimum atomic E-state index is 0.417. The molecule has 1 aromatic carbocycles. The van der Waals surface area contributed by atoms with Crippen molar-refractivity contribution in [3.05, 3.63) is 29.3 Å². The average molecular weight is 224 g/mol. The molecule has 0 spiro atoms. The molecule has 0 atom stereocenters. The van der Waals surface area contributed by atoms with Gasteiger partial charge in [0.25, 0.3) is 0 Å². The molecule has 3 heteroatoms. The zero-order chi connectivity index (χ0) is 10.6. The lowest BCUT2D eigenvalue weighted by molar-refractivity contribution is 1.09. The van der Waals surface area contributed by atoms with Crippen LogP contribution in [0, 0.1) is 0 Å². The first kappa shape index (κ1) is 11.4. The van der Waals surface area contributed by atoms with Crippen molar-refractivity contribution in [3.8, 4) is 0 Å². The molecule has 0 unspecified atom stereocenters. The molecule has 0 bridgehead atoms. The average Bonchev–Trinajstić information content (AvgIpc) is 2.17. The van der Waals surface area contributed by atoms with Gasteiger partial charge in [0.1, 0.15) is 0 Å². The Labute approximate surface area is 96.3 Å². The van der Waals surface area contributed by atoms with Gasteiger partial charge in [-0.2, -0.15) is 0 Å². The van der Waals surface area contributed by atoms with Gasteiger partial charge >= 0.3 is 0 Å². The number of aryl methyl sites for hydroxylation is 2. The highest BCUT2D eigenvalue weighted by Gasteiger charge is 2.03. The second-order valence-electron chi connectivity index (χ2n) is 3.07. The summed E-state index contributed by atoms with van der Waals surface area (Å²) in [6.07, 6.45) is 1.99. The highest BCUT2D eigenvalue weighted by atomic mass is 32.1. The molecule has 0 amide bonds. The van der Waals surface area contributed by atoms with Crippen LogP contribution in [-0.2, 0) is 25.5 Å². The Hall–Kier alpha value is -0.670. The Bertz CT molecular complexity index is 312. The maximum Gasteiger partial charge on any atom is 0.0436 e. The number of hydrogen-bond acceptors (Lipinski definition) is 2. The van der Waals surface area contributed by atoms with E-state index in [1.165, 1.54) is 11.1 Å². The Morgan fingerprint density at radius 3 is 2.14 bits per heavy atom. The van der Waals surface area contributed by atoms with Crippen LogP contribution >= 0.6 is 12.2 Å². The van der Waals surface area contributed by atoms with Gasteiger partial charge < -0.3 is 30.2 Å². The molecule has 0 aliphatic heterocycles. The van der Waals surface area contributed by atoms with Crippen molar-refractivity contribution in [1.29, 1.82) is 0 Å². The Kier molecular flexibility index (Phi) is 4.29. The Balaban J connectivity index is 3.12. The molecule has 1 aromatic rings. The van der Waals surface area contributed by atoms with Crippen LogP contribution in [0.25, 0.3) is 0 Å². The Morgan fingerprint density at radius 2 is 1.79 bits per heavy atom. The third kappa shape index (κ3) is 2.66. The number of nitrogens with one attached hydrogen (secondary N) is 1. The van der Waals surface area contributed by atoms with Crippen molar-refractivity contribution in [2.24, 2.45) is 0 Å². The van der Waals surface area contributed by atoms with Crippen LogP contribution in [0.4, 0.5) is 5.69 Å². The lowest BCUT2D eigenvalue weighted by atomic mass is 10.0. The standard InChI is InChI=1S/C11H15NS2/c1-3-8-6-5-7-9(4-2)10(8)12-11(13)14/h5-7H,3-4H2,1-2H3,(H2,12,13,14)/p-1. The van der Waals surface area contributed by atoms with E-state index in [2.05, 4.69) is 37.4 Å². The van der Waals surface area contributed by atoms with E-state index in [4.69, 9.17) is 24.8 Å². The topological polar surface area (TPSA) is 12.0 Å². The van der Waals surface area contributed by atoms with Crippen molar-refractivity contribution in [3.63, 3.8) is 0 Å². The van der Waals surface area contributed by atoms with Crippen molar-refractivity contribution in [2.75, 3.05) is 5.32 Å². The smallest absolute Gasteiger partial charge is 0.0436 e. The molecular weight excluding hydrogens is 210 g/mol. The lowest BCUT2D eigenvalue weighted by Gasteiger charge is -2.17. The van der Waals surface area contributed by atoms with Crippen LogP contribution in [0.3, 0.4) is 0 Å². The minimum absolute atomic E-state index is 0.417. The van der Waals surface area contributed by atoms with Gasteiger partial charge in [-0.15, -0.1) is 0 Å². The first-order valence-electron chi connectivity index (χ1n) is 4.77. The summed E-state index contributed by atoms with van der Waals surface area (Å²) in [5, 5.41) is 3.09. The molecule has 0 saturated heterocycles. The number of anilines is 1. The zero-order valence-electron chi connectivity index (χ0n) is 8.46. The largest absolute Gasteiger partial charge is 0.411 e. The van der Waals surface area contributed by atoms with Crippen molar-refractivity contribution >= 4 is 34.9 Å². The van der Waals surface area contributed by atoms with E-state index in [1.807, 2.05) is 0 Å². The predicted octanol–water partition coefficient (Wildman–Crippen LogP) is 3.06. The van der Waals surface area contributed by atoms with Gasteiger partial charge in [0.05, 0.1) is 0 Å². The number of benzene rings is 1. The molecule has 1 nitrogen and oxygen atoms in total. The maximum atomic E-state index is 4.90. The van der Waals surface area contributed by atoms with Gasteiger partial charge in [0.15, 0.2) is 0 Å². The zero-order valence-corrected chi connectivity index (χ0v) is 10.1. The summed E-state index contributed by atoms with van der Waals surface area (Å²) in [4.78, 5) is 0. The summed E-state index contributed by atoms with van der Waals surface area (Å²) >= 11 is 9.79. The molecule has 1 N–H and O–H groups in total. The van der Waals surface area contributed by atoms with E-state index in [0.29, 0.717) is 4.32 Å². The second kappa shape index (κ2) is 5.27. The molecule has 0 aromatic heterocycles. The second-order valence-corrected chi connectivity index (χ2v) is 4.15. The van der Waals surface area contributed by atoms with E-state index < -0.39 is 0 Å². The van der Waals surface area contributed by atoms with Gasteiger partial charge in [-0.1, -0.05) is 36.4 Å². The summed E-state index contributed by atoms with van der Waals surface area (Å²) in [5.41, 5.74) is 3.66. The fourth-order valence-electron chi connectivity index (χ4n) is 1.51. The molecule has 0 radical (unpaired) electrons. The molecule has 0 fully saturated rings. The third-order valence-corrected chi connectivity index (χ3v) is 2.43. The van der Waals surface area contributed by atoms with Crippen LogP contribution < -0.4 is 5.32 Å². The number of thiocarbonyl (C=S) groups is 1. The molecule has 0 aliphatic rings. The lowest BCUT2D eigenvalue weighted by Crippen LogP contribution is -2.09. The maximum absolute atomic E-state index is 4.90. The quantitative estimate of drug-likeness (QED) is 0.626. The fraction of sp³-hybridized carbons (Fsp3) is 0.364. The molecular formula is C11H14NS2-. The van der Waals surface area contributed by atoms with Gasteiger partial charge in [-0.3, -0.25) is 0 Å². The molecule has 0 aliphatic carbocycles. The van der Waals surface area contributed by atoms with Crippen LogP contribution in [0.5, 0.6) is 0 Å². The van der Waals surface area contributed by atoms with Crippen LogP contribution in [-0.4, -0.2) is 4.32 Å². The summed E-state index contributed by atoms with van der Waals surface area (Å²) < 4.78 is 0.417. The predicted molar refractivity (Wildman–Crippen MR) is 68.8 cm³/mol. The first-order chi connectivity index (χ1) is 6.69. The van der Waals surface area contributed by atoms with Crippen LogP contribution in [0.2, 0.25) is 0 Å². The van der Waals surface area contributed by atoms with Gasteiger partial charge in [-0.25, -0.2) is 0 Å². The van der Waals surface area contributed by atoms with Gasteiger partial charge in [0, 0.05) is 5.69 Å². The van der Waals surface area contributed by atoms with Crippen LogP contribution in [0.15, 0.2) is 18.2 Å². The van der Waals surface area contributed by atoms with E-state index in [-0.39, 0.29) is 0 Å². The summed E-state index contributed by atoms with van der Waals surface area (Å²) in [7, 11) is 0. The van der Waals surface area contributed by atoms with Crippen molar-refractivity contribution in [1.82, 2.24) is 0 Å².